The van der Waals surface area contributed by atoms with Gasteiger partial charge in [-0.25, -0.2) is 9.97 Å². The summed E-state index contributed by atoms with van der Waals surface area (Å²) in [6, 6.07) is 11.2. The zero-order valence-electron chi connectivity index (χ0n) is 24.1. The van der Waals surface area contributed by atoms with Gasteiger partial charge in [-0.3, -0.25) is 28.9 Å². The van der Waals surface area contributed by atoms with Crippen LogP contribution in [0.15, 0.2) is 58.4 Å². The zero-order chi connectivity index (χ0) is 32.2. The number of H-pyrrole nitrogens is 2. The minimum Gasteiger partial charge on any atom is -0.352 e. The van der Waals surface area contributed by atoms with Crippen molar-refractivity contribution in [1.29, 1.82) is 0 Å². The zero-order valence-corrected chi connectivity index (χ0v) is 28.5. The maximum absolute atomic E-state index is 12.9. The fourth-order valence-corrected chi connectivity index (χ4v) is 6.32. The standard InChI is InChI=1S/C29H27Cl3IN11O2/c30-19-4-2-17(10-21(19)32)13-36-29-40-23-15-38-44(25(23)27(46)42-29)8-6-34-5-7-43-24-22(14-37-43)39-28(41-26(24)45)35-12-16-1-3-18(11-33)20(31)9-16/h1-4,9-10,14-15,34H,5-8,11-13H2,(H2,35,39,41,45)(H2,36,40,42,46). The number of aromatic amines is 2. The van der Waals surface area contributed by atoms with E-state index in [2.05, 4.69) is 68.7 Å². The second-order valence-corrected chi connectivity index (χ2v) is 12.3. The molecule has 2 aromatic carbocycles. The molecule has 0 radical (unpaired) electrons. The topological polar surface area (TPSA) is 163 Å². The number of nitrogens with zero attached hydrogens (tertiary/aromatic N) is 6. The number of aromatic nitrogens is 8. The first kappa shape index (κ1) is 32.2. The Morgan fingerprint density at radius 1 is 0.717 bits per heavy atom. The van der Waals surface area contributed by atoms with Crippen LogP contribution in [0.5, 0.6) is 0 Å². The van der Waals surface area contributed by atoms with Crippen LogP contribution >= 0.6 is 57.4 Å². The predicted molar refractivity (Wildman–Crippen MR) is 189 cm³/mol. The molecule has 4 aromatic heterocycles. The number of nitrogens with one attached hydrogen (secondary N) is 5. The Morgan fingerprint density at radius 3 is 1.74 bits per heavy atom. The molecule has 0 aliphatic carbocycles. The average Bonchev–Trinajstić information content (AvgIpc) is 3.65. The molecule has 0 aliphatic rings. The van der Waals surface area contributed by atoms with E-state index >= 15 is 0 Å². The third kappa shape index (κ3) is 7.31. The first-order chi connectivity index (χ1) is 22.3. The van der Waals surface area contributed by atoms with Gasteiger partial charge in [-0.05, 0) is 34.9 Å². The summed E-state index contributed by atoms with van der Waals surface area (Å²) in [5, 5.41) is 19.9. The molecule has 0 unspecified atom stereocenters. The molecule has 0 aliphatic heterocycles. The number of hydrogen-bond donors (Lipinski definition) is 5. The van der Waals surface area contributed by atoms with Crippen molar-refractivity contribution >= 4 is 91.4 Å². The van der Waals surface area contributed by atoms with E-state index in [-0.39, 0.29) is 11.1 Å². The van der Waals surface area contributed by atoms with Gasteiger partial charge in [0.25, 0.3) is 11.1 Å². The lowest BCUT2D eigenvalue weighted by Crippen LogP contribution is -2.26. The maximum atomic E-state index is 12.9. The highest BCUT2D eigenvalue weighted by Crippen LogP contribution is 2.23. The van der Waals surface area contributed by atoms with Crippen LogP contribution in [-0.4, -0.2) is 52.6 Å². The van der Waals surface area contributed by atoms with Crippen LogP contribution in [0, 0.1) is 0 Å². The van der Waals surface area contributed by atoms with Gasteiger partial charge < -0.3 is 16.0 Å². The Bertz CT molecular complexity index is 2140. The summed E-state index contributed by atoms with van der Waals surface area (Å²) in [6.07, 6.45) is 3.13. The molecule has 0 atom stereocenters. The number of hydrogen-bond acceptors (Lipinski definition) is 9. The van der Waals surface area contributed by atoms with Gasteiger partial charge in [-0.2, -0.15) is 10.2 Å². The molecule has 5 N–H and O–H groups in total. The van der Waals surface area contributed by atoms with Crippen molar-refractivity contribution in [3.63, 3.8) is 0 Å². The number of rotatable bonds is 13. The lowest BCUT2D eigenvalue weighted by molar-refractivity contribution is 0.526. The summed E-state index contributed by atoms with van der Waals surface area (Å²) in [6.45, 7) is 2.79. The molecule has 0 fully saturated rings. The molecule has 6 rings (SSSR count). The lowest BCUT2D eigenvalue weighted by atomic mass is 10.1. The minimum absolute atomic E-state index is 0.288. The Hall–Kier alpha value is -3.70. The van der Waals surface area contributed by atoms with E-state index in [1.807, 2.05) is 24.3 Å². The van der Waals surface area contributed by atoms with E-state index < -0.39 is 0 Å². The predicted octanol–water partition coefficient (Wildman–Crippen LogP) is 4.96. The second-order valence-electron chi connectivity index (χ2n) is 10.3. The van der Waals surface area contributed by atoms with Gasteiger partial charge in [-0.15, -0.1) is 0 Å². The summed E-state index contributed by atoms with van der Waals surface area (Å²) >= 11 is 20.7. The highest BCUT2D eigenvalue weighted by Gasteiger charge is 2.13. The maximum Gasteiger partial charge on any atom is 0.278 e. The lowest BCUT2D eigenvalue weighted by Gasteiger charge is -2.09. The molecule has 13 nitrogen and oxygen atoms in total. The van der Waals surface area contributed by atoms with Gasteiger partial charge in [0.2, 0.25) is 11.9 Å². The molecule has 4 heterocycles. The van der Waals surface area contributed by atoms with Crippen LogP contribution in [-0.2, 0) is 30.6 Å². The van der Waals surface area contributed by atoms with Crippen molar-refractivity contribution in [2.24, 2.45) is 0 Å². The van der Waals surface area contributed by atoms with Crippen molar-refractivity contribution in [2.75, 3.05) is 23.7 Å². The third-order valence-corrected chi connectivity index (χ3v) is 9.08. The van der Waals surface area contributed by atoms with E-state index in [1.54, 1.807) is 33.9 Å². The number of fused-ring (bicyclic) bond motifs is 2. The first-order valence-electron chi connectivity index (χ1n) is 14.2. The minimum atomic E-state index is -0.305. The smallest absolute Gasteiger partial charge is 0.278 e. The van der Waals surface area contributed by atoms with E-state index in [0.717, 1.165) is 21.1 Å². The van der Waals surface area contributed by atoms with Crippen molar-refractivity contribution in [3.05, 3.63) is 101 Å². The van der Waals surface area contributed by atoms with Gasteiger partial charge in [0, 0.05) is 35.6 Å². The number of halogens is 4. The van der Waals surface area contributed by atoms with Crippen LogP contribution in [0.25, 0.3) is 22.1 Å². The van der Waals surface area contributed by atoms with Crippen LogP contribution in [0.4, 0.5) is 11.9 Å². The highest BCUT2D eigenvalue weighted by molar-refractivity contribution is 14.1. The number of alkyl halides is 1. The van der Waals surface area contributed by atoms with Crippen LogP contribution in [0.3, 0.4) is 0 Å². The molecule has 0 bridgehead atoms. The van der Waals surface area contributed by atoms with E-state index in [0.29, 0.717) is 88.3 Å². The number of anilines is 2. The molecule has 46 heavy (non-hydrogen) atoms. The summed E-state index contributed by atoms with van der Waals surface area (Å²) in [7, 11) is 0. The molecule has 17 heteroatoms. The quantitative estimate of drug-likeness (QED) is 0.0618. The van der Waals surface area contributed by atoms with Crippen LogP contribution < -0.4 is 27.1 Å². The van der Waals surface area contributed by atoms with Crippen molar-refractivity contribution < 1.29 is 0 Å². The summed E-state index contributed by atoms with van der Waals surface area (Å²) in [4.78, 5) is 40.3. The van der Waals surface area contributed by atoms with E-state index in [9.17, 15) is 9.59 Å². The first-order valence-corrected chi connectivity index (χ1v) is 16.8. The second kappa shape index (κ2) is 14.4. The molecule has 238 valence electrons. The van der Waals surface area contributed by atoms with Gasteiger partial charge in [0.15, 0.2) is 11.0 Å². The van der Waals surface area contributed by atoms with Gasteiger partial charge >= 0.3 is 0 Å². The van der Waals surface area contributed by atoms with Gasteiger partial charge in [0.1, 0.15) is 11.0 Å². The summed E-state index contributed by atoms with van der Waals surface area (Å²) in [5.74, 6) is 0.681. The van der Waals surface area contributed by atoms with Crippen molar-refractivity contribution in [1.82, 2.24) is 44.8 Å². The summed E-state index contributed by atoms with van der Waals surface area (Å²) < 4.78 is 4.05. The third-order valence-electron chi connectivity index (χ3n) is 7.16. The molecule has 0 amide bonds. The Kier molecular flexibility index (Phi) is 10.1. The molecule has 0 saturated heterocycles. The average molecular weight is 795 g/mol. The Balaban J connectivity index is 1.01. The van der Waals surface area contributed by atoms with Crippen molar-refractivity contribution in [2.45, 2.75) is 30.6 Å². The van der Waals surface area contributed by atoms with Crippen molar-refractivity contribution in [3.8, 4) is 0 Å². The molecule has 6 aromatic rings. The monoisotopic (exact) mass is 793 g/mol. The van der Waals surface area contributed by atoms with Crippen LogP contribution in [0.1, 0.15) is 16.7 Å². The van der Waals surface area contributed by atoms with E-state index in [1.165, 1.54) is 0 Å². The van der Waals surface area contributed by atoms with Gasteiger partial charge in [-0.1, -0.05) is 75.6 Å². The summed E-state index contributed by atoms with van der Waals surface area (Å²) in [5.41, 5.74) is 4.08. The SMILES string of the molecule is O=c1[nH]c(NCc2ccc(Cl)c(Cl)c2)nc2cnn(CCNCCn3ncc4nc(NCc5ccc(CI)c(Cl)c5)[nH]c(=O)c43)c12. The molecular weight excluding hydrogens is 768 g/mol. The largest absolute Gasteiger partial charge is 0.352 e. The molecule has 0 saturated carbocycles. The van der Waals surface area contributed by atoms with E-state index in [4.69, 9.17) is 34.8 Å². The fraction of sp³-hybridized carbons (Fsp3) is 0.241. The molecular formula is C29H27Cl3IN11O2. The fourth-order valence-electron chi connectivity index (χ4n) is 4.84. The van der Waals surface area contributed by atoms with Gasteiger partial charge in [0.05, 0.1) is 35.5 Å². The molecule has 0 spiro atoms. The number of benzene rings is 2. The van der Waals surface area contributed by atoms with Crippen LogP contribution in [0.2, 0.25) is 15.1 Å². The Morgan fingerprint density at radius 2 is 1.24 bits per heavy atom. The Labute approximate surface area is 290 Å². The highest BCUT2D eigenvalue weighted by atomic mass is 127. The normalized spacial score (nSPS) is 11.5.